The molecule has 1 aliphatic heterocycles. The fourth-order valence-electron chi connectivity index (χ4n) is 4.21. The van der Waals surface area contributed by atoms with Crippen molar-refractivity contribution >= 4 is 43.2 Å². The van der Waals surface area contributed by atoms with Crippen LogP contribution in [0.2, 0.25) is 0 Å². The molecule has 0 aliphatic carbocycles. The highest BCUT2D eigenvalue weighted by molar-refractivity contribution is 9.10. The summed E-state index contributed by atoms with van der Waals surface area (Å²) < 4.78 is 2.08. The van der Waals surface area contributed by atoms with Crippen molar-refractivity contribution in [1.29, 1.82) is 0 Å². The maximum absolute atomic E-state index is 12.3. The molecule has 2 unspecified atom stereocenters. The molecule has 0 radical (unpaired) electrons. The molecule has 0 aromatic heterocycles. The molecule has 150 valence electrons. The van der Waals surface area contributed by atoms with Crippen molar-refractivity contribution < 1.29 is 5.11 Å². The summed E-state index contributed by atoms with van der Waals surface area (Å²) in [5.41, 5.74) is 1.90. The zero-order valence-corrected chi connectivity index (χ0v) is 19.5. The standard InChI is InChI=1S/C24H24Br2N2O/c1-2-6-23-24(29,18-7-4-3-5-8-18)28(22-15-11-20(26)12-16-22)17-27(23)21-13-9-19(25)10-14-21/h3-5,7-16,23,29H,2,6,17H2,1H3. The Morgan fingerprint density at radius 3 is 1.97 bits per heavy atom. The fourth-order valence-corrected chi connectivity index (χ4v) is 4.74. The lowest BCUT2D eigenvalue weighted by Crippen LogP contribution is -2.49. The van der Waals surface area contributed by atoms with Gasteiger partial charge in [0.15, 0.2) is 5.72 Å². The van der Waals surface area contributed by atoms with Gasteiger partial charge in [0.05, 0.1) is 12.7 Å². The van der Waals surface area contributed by atoms with Crippen molar-refractivity contribution in [3.63, 3.8) is 0 Å². The van der Waals surface area contributed by atoms with Gasteiger partial charge in [0, 0.05) is 25.9 Å². The van der Waals surface area contributed by atoms with Gasteiger partial charge in [-0.3, -0.25) is 0 Å². The number of hydrogen-bond donors (Lipinski definition) is 1. The van der Waals surface area contributed by atoms with Crippen molar-refractivity contribution in [2.45, 2.75) is 31.5 Å². The molecule has 4 rings (SSSR count). The maximum Gasteiger partial charge on any atom is 0.186 e. The maximum atomic E-state index is 12.3. The minimum absolute atomic E-state index is 0.0697. The Hall–Kier alpha value is -1.82. The van der Waals surface area contributed by atoms with E-state index in [0.717, 1.165) is 38.7 Å². The molecule has 2 atom stereocenters. The second kappa shape index (κ2) is 8.50. The van der Waals surface area contributed by atoms with Crippen molar-refractivity contribution in [3.8, 4) is 0 Å². The van der Waals surface area contributed by atoms with Crippen LogP contribution in [0.15, 0.2) is 87.8 Å². The van der Waals surface area contributed by atoms with Crippen molar-refractivity contribution in [1.82, 2.24) is 0 Å². The Kier molecular flexibility index (Phi) is 6.00. The van der Waals surface area contributed by atoms with E-state index in [4.69, 9.17) is 0 Å². The van der Waals surface area contributed by atoms with Gasteiger partial charge in [0.1, 0.15) is 0 Å². The van der Waals surface area contributed by atoms with Crippen molar-refractivity contribution in [2.75, 3.05) is 16.5 Å². The second-order valence-corrected chi connectivity index (χ2v) is 9.22. The molecular weight excluding hydrogens is 492 g/mol. The first-order valence-corrected chi connectivity index (χ1v) is 11.5. The molecule has 1 saturated heterocycles. The van der Waals surface area contributed by atoms with E-state index in [9.17, 15) is 5.11 Å². The van der Waals surface area contributed by atoms with Crippen molar-refractivity contribution in [2.24, 2.45) is 0 Å². The van der Waals surface area contributed by atoms with Crippen LogP contribution in [0.4, 0.5) is 11.4 Å². The first kappa shape index (κ1) is 20.5. The van der Waals surface area contributed by atoms with Crippen LogP contribution in [0.3, 0.4) is 0 Å². The number of rotatable bonds is 5. The molecule has 1 heterocycles. The Labute approximate surface area is 189 Å². The highest BCUT2D eigenvalue weighted by atomic mass is 79.9. The summed E-state index contributed by atoms with van der Waals surface area (Å²) in [5.74, 6) is 0. The first-order valence-electron chi connectivity index (χ1n) is 9.87. The molecule has 3 aromatic rings. The lowest BCUT2D eigenvalue weighted by Gasteiger charge is -2.39. The second-order valence-electron chi connectivity index (χ2n) is 7.39. The molecule has 0 spiro atoms. The van der Waals surface area contributed by atoms with Gasteiger partial charge in [-0.2, -0.15) is 0 Å². The summed E-state index contributed by atoms with van der Waals surface area (Å²) in [6.45, 7) is 2.78. The highest BCUT2D eigenvalue weighted by Gasteiger charge is 2.52. The highest BCUT2D eigenvalue weighted by Crippen LogP contribution is 2.45. The molecule has 1 aliphatic rings. The zero-order valence-electron chi connectivity index (χ0n) is 16.3. The summed E-state index contributed by atoms with van der Waals surface area (Å²) >= 11 is 7.06. The lowest BCUT2D eigenvalue weighted by atomic mass is 9.90. The molecule has 3 aromatic carbocycles. The smallest absolute Gasteiger partial charge is 0.186 e. The van der Waals surface area contributed by atoms with E-state index in [-0.39, 0.29) is 6.04 Å². The summed E-state index contributed by atoms with van der Waals surface area (Å²) in [6, 6.07) is 26.5. The summed E-state index contributed by atoms with van der Waals surface area (Å²) in [7, 11) is 0. The van der Waals surface area contributed by atoms with Crippen LogP contribution in [-0.2, 0) is 5.72 Å². The fraction of sp³-hybridized carbons (Fsp3) is 0.250. The van der Waals surface area contributed by atoms with E-state index in [1.807, 2.05) is 42.5 Å². The molecule has 5 heteroatoms. The predicted octanol–water partition coefficient (Wildman–Crippen LogP) is 6.51. The summed E-state index contributed by atoms with van der Waals surface area (Å²) in [4.78, 5) is 4.45. The molecule has 1 N–H and O–H groups in total. The first-order chi connectivity index (χ1) is 14.0. The van der Waals surface area contributed by atoms with Gasteiger partial charge in [-0.1, -0.05) is 75.5 Å². The van der Waals surface area contributed by atoms with Crippen molar-refractivity contribution in [3.05, 3.63) is 93.4 Å². The average Bonchev–Trinajstić information content (AvgIpc) is 3.04. The summed E-state index contributed by atoms with van der Waals surface area (Å²) in [6.07, 6.45) is 1.87. The molecule has 29 heavy (non-hydrogen) atoms. The minimum Gasteiger partial charge on any atom is -0.365 e. The molecule has 3 nitrogen and oxygen atoms in total. The van der Waals surface area contributed by atoms with Gasteiger partial charge in [-0.05, 0) is 55.0 Å². The molecule has 0 saturated carbocycles. The topological polar surface area (TPSA) is 26.7 Å². The molecule has 1 fully saturated rings. The van der Waals surface area contributed by atoms with Gasteiger partial charge in [-0.15, -0.1) is 0 Å². The third-order valence-corrected chi connectivity index (χ3v) is 6.66. The van der Waals surface area contributed by atoms with Gasteiger partial charge in [0.25, 0.3) is 0 Å². The van der Waals surface area contributed by atoms with Gasteiger partial charge in [-0.25, -0.2) is 0 Å². The number of benzene rings is 3. The van der Waals surface area contributed by atoms with Gasteiger partial charge < -0.3 is 14.9 Å². The van der Waals surface area contributed by atoms with Crippen LogP contribution < -0.4 is 9.80 Å². The number of halogens is 2. The van der Waals surface area contributed by atoms with Gasteiger partial charge in [0.2, 0.25) is 0 Å². The van der Waals surface area contributed by atoms with Crippen LogP contribution in [0.1, 0.15) is 25.3 Å². The number of anilines is 2. The molecule has 0 bridgehead atoms. The number of nitrogens with zero attached hydrogens (tertiary/aromatic N) is 2. The van der Waals surface area contributed by atoms with Crippen LogP contribution in [0.25, 0.3) is 0 Å². The zero-order chi connectivity index (χ0) is 20.4. The van der Waals surface area contributed by atoms with E-state index in [1.165, 1.54) is 0 Å². The minimum atomic E-state index is -1.13. The molecule has 0 amide bonds. The van der Waals surface area contributed by atoms with Crippen LogP contribution in [-0.4, -0.2) is 17.8 Å². The van der Waals surface area contributed by atoms with E-state index in [0.29, 0.717) is 6.67 Å². The van der Waals surface area contributed by atoms with E-state index < -0.39 is 5.72 Å². The Balaban J connectivity index is 1.86. The Morgan fingerprint density at radius 1 is 0.862 bits per heavy atom. The largest absolute Gasteiger partial charge is 0.365 e. The van der Waals surface area contributed by atoms with E-state index >= 15 is 0 Å². The Bertz CT molecular complexity index is 947. The quantitative estimate of drug-likeness (QED) is 0.419. The lowest BCUT2D eigenvalue weighted by molar-refractivity contribution is 0.0273. The monoisotopic (exact) mass is 514 g/mol. The normalized spacial score (nSPS) is 21.6. The SMILES string of the molecule is CCCC1N(c2ccc(Br)cc2)CN(c2ccc(Br)cc2)C1(O)c1ccccc1. The predicted molar refractivity (Wildman–Crippen MR) is 127 cm³/mol. The number of hydrogen-bond acceptors (Lipinski definition) is 3. The average molecular weight is 516 g/mol. The van der Waals surface area contributed by atoms with E-state index in [2.05, 4.69) is 85.0 Å². The van der Waals surface area contributed by atoms with Gasteiger partial charge >= 0.3 is 0 Å². The summed E-state index contributed by atoms with van der Waals surface area (Å²) in [5, 5.41) is 12.3. The third-order valence-electron chi connectivity index (χ3n) is 5.60. The number of aliphatic hydroxyl groups is 1. The third kappa shape index (κ3) is 3.83. The van der Waals surface area contributed by atoms with Crippen LogP contribution >= 0.6 is 31.9 Å². The van der Waals surface area contributed by atoms with Crippen LogP contribution in [0, 0.1) is 0 Å². The van der Waals surface area contributed by atoms with E-state index in [1.54, 1.807) is 0 Å². The molecular formula is C24H24Br2N2O. The Morgan fingerprint density at radius 2 is 1.41 bits per heavy atom. The van der Waals surface area contributed by atoms with Crippen LogP contribution in [0.5, 0.6) is 0 Å².